The lowest BCUT2D eigenvalue weighted by atomic mass is 10.1. The first-order chi connectivity index (χ1) is 12.3. The van der Waals surface area contributed by atoms with Crippen molar-refractivity contribution in [3.63, 3.8) is 0 Å². The van der Waals surface area contributed by atoms with E-state index in [1.165, 1.54) is 0 Å². The van der Waals surface area contributed by atoms with Gasteiger partial charge in [0.1, 0.15) is 24.0 Å². The van der Waals surface area contributed by atoms with Gasteiger partial charge in [0.2, 0.25) is 0 Å². The van der Waals surface area contributed by atoms with Gasteiger partial charge in [0.05, 0.1) is 25.0 Å². The van der Waals surface area contributed by atoms with Crippen LogP contribution >= 0.6 is 0 Å². The maximum absolute atomic E-state index is 13.0. The Morgan fingerprint density at radius 2 is 2.08 bits per heavy atom. The molecular formula is C18H23N2O5S+. The number of para-hydroxylation sites is 1. The van der Waals surface area contributed by atoms with E-state index in [-0.39, 0.29) is 41.8 Å². The number of carbonyl (C=O) groups excluding carboxylic acids is 1. The van der Waals surface area contributed by atoms with Crippen LogP contribution in [0.2, 0.25) is 0 Å². The number of carbonyl (C=O) groups is 1. The molecule has 140 valence electrons. The van der Waals surface area contributed by atoms with Crippen molar-refractivity contribution in [1.82, 2.24) is 4.98 Å². The van der Waals surface area contributed by atoms with Crippen LogP contribution in [0.15, 0.2) is 29.1 Å². The van der Waals surface area contributed by atoms with Gasteiger partial charge in [-0.05, 0) is 19.1 Å². The number of pyridine rings is 1. The molecule has 2 atom stereocenters. The molecule has 0 amide bonds. The summed E-state index contributed by atoms with van der Waals surface area (Å²) >= 11 is 0. The van der Waals surface area contributed by atoms with Crippen LogP contribution in [0.25, 0.3) is 10.9 Å². The first-order valence-corrected chi connectivity index (χ1v) is 10.5. The Labute approximate surface area is 151 Å². The molecule has 2 heterocycles. The SMILES string of the molecule is CCOC(=O)c1[nH]c2ccccc2c(=O)c1C[NH+](C)[C@@H]1CCS(=O)(=O)C1. The van der Waals surface area contributed by atoms with Gasteiger partial charge in [-0.1, -0.05) is 12.1 Å². The van der Waals surface area contributed by atoms with Crippen molar-refractivity contribution in [1.29, 1.82) is 0 Å². The molecule has 2 aromatic rings. The van der Waals surface area contributed by atoms with Gasteiger partial charge in [-0.15, -0.1) is 0 Å². The molecule has 0 radical (unpaired) electrons. The summed E-state index contributed by atoms with van der Waals surface area (Å²) in [6.45, 7) is 2.17. The summed E-state index contributed by atoms with van der Waals surface area (Å²) in [5, 5.41) is 0.502. The van der Waals surface area contributed by atoms with E-state index in [0.29, 0.717) is 22.9 Å². The summed E-state index contributed by atoms with van der Waals surface area (Å²) < 4.78 is 28.6. The standard InChI is InChI=1S/C18H22N2O5S/c1-3-25-18(22)16-14(10-20(2)12-8-9-26(23,24)11-12)17(21)13-6-4-5-7-15(13)19-16/h4-7,12H,3,8-11H2,1-2H3,(H,19,21)/p+1/t12-/m1/s1. The molecule has 3 rings (SSSR count). The maximum Gasteiger partial charge on any atom is 0.355 e. The van der Waals surface area contributed by atoms with Gasteiger partial charge >= 0.3 is 5.97 Å². The number of H-pyrrole nitrogens is 1. The average molecular weight is 379 g/mol. The molecule has 1 aromatic carbocycles. The highest BCUT2D eigenvalue weighted by Crippen LogP contribution is 2.13. The summed E-state index contributed by atoms with van der Waals surface area (Å²) in [6.07, 6.45) is 0.564. The van der Waals surface area contributed by atoms with E-state index in [9.17, 15) is 18.0 Å². The molecule has 8 heteroatoms. The Hall–Kier alpha value is -2.19. The van der Waals surface area contributed by atoms with E-state index in [1.54, 1.807) is 31.2 Å². The number of hydrogen-bond acceptors (Lipinski definition) is 5. The number of esters is 1. The van der Waals surface area contributed by atoms with Crippen molar-refractivity contribution in [3.05, 3.63) is 45.7 Å². The third-order valence-corrected chi connectivity index (χ3v) is 6.64. The second-order valence-electron chi connectivity index (χ2n) is 6.70. The van der Waals surface area contributed by atoms with Gasteiger partial charge < -0.3 is 14.6 Å². The van der Waals surface area contributed by atoms with Crippen LogP contribution in [0.5, 0.6) is 0 Å². The van der Waals surface area contributed by atoms with Crippen LogP contribution in [0.3, 0.4) is 0 Å². The fourth-order valence-corrected chi connectivity index (χ4v) is 5.30. The number of ether oxygens (including phenoxy) is 1. The van der Waals surface area contributed by atoms with Crippen LogP contribution in [0, 0.1) is 0 Å². The van der Waals surface area contributed by atoms with Crippen LogP contribution in [0.1, 0.15) is 29.4 Å². The predicted molar refractivity (Wildman–Crippen MR) is 98.2 cm³/mol. The van der Waals surface area contributed by atoms with Crippen molar-refractivity contribution in [3.8, 4) is 0 Å². The van der Waals surface area contributed by atoms with Gasteiger partial charge in [-0.25, -0.2) is 13.2 Å². The Kier molecular flexibility index (Phi) is 5.15. The molecule has 0 bridgehead atoms. The van der Waals surface area contributed by atoms with E-state index in [2.05, 4.69) is 4.98 Å². The Morgan fingerprint density at radius 1 is 1.35 bits per heavy atom. The van der Waals surface area contributed by atoms with Gasteiger partial charge in [0.25, 0.3) is 0 Å². The maximum atomic E-state index is 13.0. The molecule has 0 aliphatic carbocycles. The highest BCUT2D eigenvalue weighted by Gasteiger charge is 2.34. The molecule has 2 N–H and O–H groups in total. The third kappa shape index (κ3) is 3.66. The van der Waals surface area contributed by atoms with E-state index in [1.807, 2.05) is 7.05 Å². The van der Waals surface area contributed by atoms with Crippen molar-refractivity contribution in [2.75, 3.05) is 25.2 Å². The number of fused-ring (bicyclic) bond motifs is 1. The molecule has 1 aliphatic rings. The largest absolute Gasteiger partial charge is 0.461 e. The summed E-state index contributed by atoms with van der Waals surface area (Å²) in [5.74, 6) is -0.287. The van der Waals surface area contributed by atoms with E-state index >= 15 is 0 Å². The quantitative estimate of drug-likeness (QED) is 0.708. The minimum atomic E-state index is -3.01. The van der Waals surface area contributed by atoms with E-state index < -0.39 is 15.8 Å². The zero-order chi connectivity index (χ0) is 18.9. The molecule has 1 saturated heterocycles. The fourth-order valence-electron chi connectivity index (χ4n) is 3.43. The number of aromatic amines is 1. The van der Waals surface area contributed by atoms with Crippen LogP contribution in [-0.2, 0) is 21.1 Å². The molecule has 1 fully saturated rings. The fraction of sp³-hybridized carbons (Fsp3) is 0.444. The molecule has 26 heavy (non-hydrogen) atoms. The van der Waals surface area contributed by atoms with Crippen molar-refractivity contribution >= 4 is 26.7 Å². The third-order valence-electron chi connectivity index (χ3n) is 4.87. The molecule has 1 aliphatic heterocycles. The minimum absolute atomic E-state index is 0.0825. The number of benzene rings is 1. The number of aromatic nitrogens is 1. The second kappa shape index (κ2) is 7.20. The first kappa shape index (κ1) is 18.6. The smallest absolute Gasteiger partial charge is 0.355 e. The van der Waals surface area contributed by atoms with Crippen molar-refractivity contribution in [2.24, 2.45) is 0 Å². The Balaban J connectivity index is 2.02. The van der Waals surface area contributed by atoms with E-state index in [0.717, 1.165) is 4.90 Å². The second-order valence-corrected chi connectivity index (χ2v) is 8.93. The highest BCUT2D eigenvalue weighted by molar-refractivity contribution is 7.91. The monoisotopic (exact) mass is 379 g/mol. The van der Waals surface area contributed by atoms with Gasteiger partial charge in [-0.2, -0.15) is 0 Å². The highest BCUT2D eigenvalue weighted by atomic mass is 32.2. The molecule has 1 unspecified atom stereocenters. The Bertz CT molecular complexity index is 996. The van der Waals surface area contributed by atoms with Crippen LogP contribution in [0.4, 0.5) is 0 Å². The predicted octanol–water partition coefficient (Wildman–Crippen LogP) is -0.0934. The summed E-state index contributed by atoms with van der Waals surface area (Å²) in [7, 11) is -1.15. The Morgan fingerprint density at radius 3 is 2.73 bits per heavy atom. The van der Waals surface area contributed by atoms with Crippen LogP contribution in [-0.4, -0.2) is 50.6 Å². The summed E-state index contributed by atoms with van der Waals surface area (Å²) in [6, 6.07) is 6.92. The number of nitrogens with one attached hydrogen (secondary N) is 2. The summed E-state index contributed by atoms with van der Waals surface area (Å²) in [5.41, 5.74) is 0.840. The topological polar surface area (TPSA) is 97.7 Å². The number of hydrogen-bond donors (Lipinski definition) is 2. The lowest BCUT2D eigenvalue weighted by Gasteiger charge is -2.21. The zero-order valence-electron chi connectivity index (χ0n) is 14.9. The van der Waals surface area contributed by atoms with Gasteiger partial charge in [0, 0.05) is 17.3 Å². The molecule has 0 spiro atoms. The average Bonchev–Trinajstić information content (AvgIpc) is 2.97. The van der Waals surface area contributed by atoms with Gasteiger partial charge in [0.15, 0.2) is 15.3 Å². The number of rotatable bonds is 5. The van der Waals surface area contributed by atoms with Crippen molar-refractivity contribution in [2.45, 2.75) is 25.9 Å². The van der Waals surface area contributed by atoms with Crippen molar-refractivity contribution < 1.29 is 22.8 Å². The lowest BCUT2D eigenvalue weighted by Crippen LogP contribution is -3.12. The first-order valence-electron chi connectivity index (χ1n) is 8.66. The summed E-state index contributed by atoms with van der Waals surface area (Å²) in [4.78, 5) is 29.3. The number of quaternary nitrogens is 1. The molecule has 7 nitrogen and oxygen atoms in total. The molecule has 1 aromatic heterocycles. The molecule has 0 saturated carbocycles. The lowest BCUT2D eigenvalue weighted by molar-refractivity contribution is -0.916. The molecular weight excluding hydrogens is 356 g/mol. The normalized spacial score (nSPS) is 20.2. The van der Waals surface area contributed by atoms with Crippen LogP contribution < -0.4 is 10.3 Å². The van der Waals surface area contributed by atoms with Gasteiger partial charge in [-0.3, -0.25) is 4.79 Å². The van der Waals surface area contributed by atoms with E-state index in [4.69, 9.17) is 4.74 Å². The number of sulfone groups is 1. The minimum Gasteiger partial charge on any atom is -0.461 e. The zero-order valence-corrected chi connectivity index (χ0v) is 15.7.